The molecule has 0 aliphatic rings. The minimum absolute atomic E-state index is 0.911. The van der Waals surface area contributed by atoms with Crippen molar-refractivity contribution in [1.82, 2.24) is 0 Å². The quantitative estimate of drug-likeness (QED) is 0.178. The van der Waals surface area contributed by atoms with Crippen molar-refractivity contribution in [1.29, 1.82) is 0 Å². The summed E-state index contributed by atoms with van der Waals surface area (Å²) in [5.41, 5.74) is 9.84. The lowest BCUT2D eigenvalue weighted by molar-refractivity contribution is 0.670. The molecule has 0 amide bonds. The fraction of sp³-hybridized carbons (Fsp3) is 0. The first kappa shape index (κ1) is 30.0. The summed E-state index contributed by atoms with van der Waals surface area (Å²) < 4.78 is 9.04. The molecule has 53 heavy (non-hydrogen) atoms. The predicted octanol–water partition coefficient (Wildman–Crippen LogP) is 15.1. The number of furan rings is 1. The molecule has 0 bridgehead atoms. The van der Waals surface area contributed by atoms with E-state index >= 15 is 0 Å². The number of nitrogens with zero attached hydrogens (tertiary/aromatic N) is 1. The highest BCUT2D eigenvalue weighted by Gasteiger charge is 2.19. The van der Waals surface area contributed by atoms with Gasteiger partial charge in [-0.25, -0.2) is 0 Å². The maximum Gasteiger partial charge on any atom is 0.143 e. The monoisotopic (exact) mass is 693 g/mol. The van der Waals surface area contributed by atoms with Gasteiger partial charge in [-0.15, -0.1) is 11.3 Å². The molecule has 11 aromatic rings. The topological polar surface area (TPSA) is 16.4 Å². The molecule has 0 unspecified atom stereocenters. The van der Waals surface area contributed by atoms with E-state index < -0.39 is 0 Å². The first-order chi connectivity index (χ1) is 26.3. The molecule has 0 saturated heterocycles. The molecule has 2 heterocycles. The van der Waals surface area contributed by atoms with Gasteiger partial charge in [-0.3, -0.25) is 0 Å². The summed E-state index contributed by atoms with van der Waals surface area (Å²) in [7, 11) is 0. The molecule has 0 aliphatic carbocycles. The van der Waals surface area contributed by atoms with E-state index in [2.05, 4.69) is 181 Å². The second kappa shape index (κ2) is 11.9. The Morgan fingerprint density at radius 3 is 1.89 bits per heavy atom. The molecule has 3 heteroatoms. The van der Waals surface area contributed by atoms with Crippen LogP contribution in [-0.2, 0) is 0 Å². The molecule has 248 valence electrons. The summed E-state index contributed by atoms with van der Waals surface area (Å²) in [5.74, 6) is 0. The number of hydrogen-bond acceptors (Lipinski definition) is 3. The Hall–Kier alpha value is -6.68. The average molecular weight is 694 g/mol. The highest BCUT2D eigenvalue weighted by atomic mass is 32.1. The Morgan fingerprint density at radius 2 is 1.04 bits per heavy atom. The molecular weight excluding hydrogens is 663 g/mol. The second-order valence-electron chi connectivity index (χ2n) is 13.7. The third-order valence-electron chi connectivity index (χ3n) is 10.6. The van der Waals surface area contributed by atoms with Crippen LogP contribution in [0.15, 0.2) is 192 Å². The van der Waals surface area contributed by atoms with Crippen molar-refractivity contribution in [3.05, 3.63) is 188 Å². The zero-order chi connectivity index (χ0) is 34.9. The lowest BCUT2D eigenvalue weighted by atomic mass is 9.95. The Bertz CT molecular complexity index is 3170. The number of fused-ring (bicyclic) bond motifs is 8. The summed E-state index contributed by atoms with van der Waals surface area (Å²) in [5, 5.41) is 9.90. The first-order valence-corrected chi connectivity index (χ1v) is 18.8. The molecule has 2 nitrogen and oxygen atoms in total. The summed E-state index contributed by atoms with van der Waals surface area (Å²) in [6.07, 6.45) is 0. The van der Waals surface area contributed by atoms with Crippen molar-refractivity contribution in [2.45, 2.75) is 0 Å². The summed E-state index contributed by atoms with van der Waals surface area (Å²) in [6.45, 7) is 0. The van der Waals surface area contributed by atoms with Gasteiger partial charge in [-0.05, 0) is 93.5 Å². The van der Waals surface area contributed by atoms with E-state index in [1.165, 1.54) is 52.8 Å². The summed E-state index contributed by atoms with van der Waals surface area (Å²) in [4.78, 5) is 2.37. The number of hydrogen-bond donors (Lipinski definition) is 0. The zero-order valence-corrected chi connectivity index (χ0v) is 29.5. The number of thiophene rings is 1. The van der Waals surface area contributed by atoms with Crippen LogP contribution in [0.1, 0.15) is 0 Å². The standard InChI is InChI=1S/C50H31NOS/c1-2-13-36(14-3-1)51(37-24-21-32(22-25-37)39-18-10-19-43-42-17-8-9-20-47(42)52-50(39)43)46-27-26-38(40-15-6-7-16-41(40)46)35-23-28-48-44(30-35)45-29-33-11-4-5-12-34(33)31-49(45)53-48/h1-31H. The highest BCUT2D eigenvalue weighted by molar-refractivity contribution is 7.25. The van der Waals surface area contributed by atoms with Crippen molar-refractivity contribution in [3.63, 3.8) is 0 Å². The molecule has 0 saturated carbocycles. The van der Waals surface area contributed by atoms with E-state index in [9.17, 15) is 0 Å². The van der Waals surface area contributed by atoms with Gasteiger partial charge in [0.1, 0.15) is 11.2 Å². The molecule has 2 aromatic heterocycles. The van der Waals surface area contributed by atoms with Crippen LogP contribution in [-0.4, -0.2) is 0 Å². The molecule has 9 aromatic carbocycles. The van der Waals surface area contributed by atoms with Gasteiger partial charge in [0.25, 0.3) is 0 Å². The van der Waals surface area contributed by atoms with Crippen LogP contribution < -0.4 is 4.90 Å². The predicted molar refractivity (Wildman–Crippen MR) is 227 cm³/mol. The molecule has 0 aliphatic heterocycles. The van der Waals surface area contributed by atoms with Crippen molar-refractivity contribution >= 4 is 92.1 Å². The van der Waals surface area contributed by atoms with Crippen molar-refractivity contribution in [2.75, 3.05) is 4.90 Å². The van der Waals surface area contributed by atoms with E-state index in [0.717, 1.165) is 50.1 Å². The van der Waals surface area contributed by atoms with Gasteiger partial charge in [0.05, 0.1) is 5.69 Å². The zero-order valence-electron chi connectivity index (χ0n) is 28.7. The number of anilines is 3. The minimum Gasteiger partial charge on any atom is -0.455 e. The van der Waals surface area contributed by atoms with Crippen molar-refractivity contribution in [2.24, 2.45) is 0 Å². The van der Waals surface area contributed by atoms with Gasteiger partial charge in [0.15, 0.2) is 0 Å². The van der Waals surface area contributed by atoms with E-state index in [1.807, 2.05) is 23.5 Å². The number of para-hydroxylation sites is 3. The highest BCUT2D eigenvalue weighted by Crippen LogP contribution is 2.45. The Kier molecular flexibility index (Phi) is 6.76. The van der Waals surface area contributed by atoms with Crippen LogP contribution in [0.2, 0.25) is 0 Å². The smallest absolute Gasteiger partial charge is 0.143 e. The van der Waals surface area contributed by atoms with Gasteiger partial charge in [-0.1, -0.05) is 127 Å². The Balaban J connectivity index is 1.04. The minimum atomic E-state index is 0.911. The molecule has 11 rings (SSSR count). The average Bonchev–Trinajstić information content (AvgIpc) is 3.78. The second-order valence-corrected chi connectivity index (χ2v) is 14.8. The lowest BCUT2D eigenvalue weighted by Gasteiger charge is -2.27. The molecule has 0 N–H and O–H groups in total. The van der Waals surface area contributed by atoms with E-state index in [0.29, 0.717) is 0 Å². The fourth-order valence-electron chi connectivity index (χ4n) is 8.13. The van der Waals surface area contributed by atoms with Gasteiger partial charge < -0.3 is 9.32 Å². The molecule has 0 atom stereocenters. The van der Waals surface area contributed by atoms with Crippen molar-refractivity contribution < 1.29 is 4.42 Å². The van der Waals surface area contributed by atoms with Crippen LogP contribution in [0.25, 0.3) is 85.9 Å². The van der Waals surface area contributed by atoms with Gasteiger partial charge in [0.2, 0.25) is 0 Å². The van der Waals surface area contributed by atoms with Crippen LogP contribution in [0.3, 0.4) is 0 Å². The molecule has 0 fully saturated rings. The normalized spacial score (nSPS) is 11.8. The SMILES string of the molecule is c1ccc(N(c2ccc(-c3cccc4c3oc3ccccc34)cc2)c2ccc(-c3ccc4sc5cc6ccccc6cc5c4c3)c3ccccc23)cc1. The summed E-state index contributed by atoms with van der Waals surface area (Å²) >= 11 is 1.87. The van der Waals surface area contributed by atoms with Gasteiger partial charge in [-0.2, -0.15) is 0 Å². The molecule has 0 radical (unpaired) electrons. The number of benzene rings is 9. The van der Waals surface area contributed by atoms with Crippen LogP contribution in [0.5, 0.6) is 0 Å². The van der Waals surface area contributed by atoms with E-state index in [1.54, 1.807) is 0 Å². The maximum atomic E-state index is 6.40. The first-order valence-electron chi connectivity index (χ1n) is 18.0. The van der Waals surface area contributed by atoms with Crippen LogP contribution in [0.4, 0.5) is 17.1 Å². The Morgan fingerprint density at radius 1 is 0.377 bits per heavy atom. The van der Waals surface area contributed by atoms with E-state index in [4.69, 9.17) is 4.42 Å². The molecular formula is C50H31NOS. The third kappa shape index (κ3) is 4.86. The van der Waals surface area contributed by atoms with Gasteiger partial charge in [0, 0.05) is 53.3 Å². The van der Waals surface area contributed by atoms with Crippen molar-refractivity contribution in [3.8, 4) is 22.3 Å². The summed E-state index contributed by atoms with van der Waals surface area (Å²) in [6, 6.07) is 68.0. The third-order valence-corrected chi connectivity index (χ3v) is 11.8. The van der Waals surface area contributed by atoms with Crippen LogP contribution in [0, 0.1) is 0 Å². The Labute approximate surface area is 310 Å². The molecule has 0 spiro atoms. The fourth-order valence-corrected chi connectivity index (χ4v) is 9.25. The van der Waals surface area contributed by atoms with Crippen LogP contribution >= 0.6 is 11.3 Å². The lowest BCUT2D eigenvalue weighted by Crippen LogP contribution is -2.10. The largest absolute Gasteiger partial charge is 0.455 e. The van der Waals surface area contributed by atoms with Gasteiger partial charge >= 0.3 is 0 Å². The maximum absolute atomic E-state index is 6.40. The number of rotatable bonds is 5. The van der Waals surface area contributed by atoms with E-state index in [-0.39, 0.29) is 0 Å².